The maximum absolute atomic E-state index is 13.6. The molecule has 1 aromatic heterocycles. The van der Waals surface area contributed by atoms with Crippen molar-refractivity contribution in [3.63, 3.8) is 0 Å². The Morgan fingerprint density at radius 3 is 2.55 bits per heavy atom. The van der Waals surface area contributed by atoms with E-state index in [0.29, 0.717) is 23.1 Å². The number of rotatable bonds is 4. The number of hydrogen-bond acceptors (Lipinski definition) is 3. The third-order valence-corrected chi connectivity index (χ3v) is 5.95. The molecule has 148 valence electrons. The monoisotopic (exact) mass is 394 g/mol. The van der Waals surface area contributed by atoms with Crippen molar-refractivity contribution in [1.82, 2.24) is 9.88 Å². The van der Waals surface area contributed by atoms with Crippen LogP contribution >= 0.6 is 0 Å². The third kappa shape index (κ3) is 3.43. The highest BCUT2D eigenvalue weighted by molar-refractivity contribution is 5.84. The van der Waals surface area contributed by atoms with Gasteiger partial charge in [-0.05, 0) is 54.8 Å². The average Bonchev–Trinajstić information content (AvgIpc) is 2.64. The second kappa shape index (κ2) is 6.79. The van der Waals surface area contributed by atoms with E-state index in [2.05, 4.69) is 4.98 Å². The average molecular weight is 394 g/mol. The van der Waals surface area contributed by atoms with Gasteiger partial charge in [-0.25, -0.2) is 8.78 Å². The lowest BCUT2D eigenvalue weighted by atomic mass is 9.61. The number of hydrogen-bond donors (Lipinski definition) is 0. The summed E-state index contributed by atoms with van der Waals surface area (Å²) in [6, 6.07) is 12.3. The zero-order valence-corrected chi connectivity index (χ0v) is 15.8. The Morgan fingerprint density at radius 2 is 1.79 bits per heavy atom. The first kappa shape index (κ1) is 18.0. The highest BCUT2D eigenvalue weighted by Gasteiger charge is 2.54. The molecule has 6 heteroatoms. The van der Waals surface area contributed by atoms with Gasteiger partial charge >= 0.3 is 0 Å². The molecule has 1 saturated heterocycles. The SMILES string of the molecule is O=C(Cc1ccc(F)cc1)N1CC2(CC(Oc3ccnc4ccc(F)cc34)C2)C1. The molecule has 1 aliphatic carbocycles. The summed E-state index contributed by atoms with van der Waals surface area (Å²) in [6.07, 6.45) is 3.80. The first-order valence-corrected chi connectivity index (χ1v) is 9.73. The van der Waals surface area contributed by atoms with Crippen LogP contribution in [0.25, 0.3) is 10.9 Å². The van der Waals surface area contributed by atoms with Gasteiger partial charge in [0.1, 0.15) is 23.5 Å². The van der Waals surface area contributed by atoms with E-state index in [1.54, 1.807) is 30.5 Å². The number of carbonyl (C=O) groups excluding carboxylic acids is 1. The maximum atomic E-state index is 13.6. The molecule has 2 heterocycles. The molecule has 0 N–H and O–H groups in total. The summed E-state index contributed by atoms with van der Waals surface area (Å²) in [5, 5.41) is 0.679. The topological polar surface area (TPSA) is 42.4 Å². The van der Waals surface area contributed by atoms with Gasteiger partial charge in [-0.3, -0.25) is 9.78 Å². The van der Waals surface area contributed by atoms with Crippen LogP contribution in [0, 0.1) is 17.0 Å². The van der Waals surface area contributed by atoms with Crippen molar-refractivity contribution in [1.29, 1.82) is 0 Å². The Labute approximate surface area is 167 Å². The molecule has 0 atom stereocenters. The summed E-state index contributed by atoms with van der Waals surface area (Å²) in [5.74, 6) is 0.115. The molecular weight excluding hydrogens is 374 g/mol. The first-order chi connectivity index (χ1) is 14.0. The largest absolute Gasteiger partial charge is 0.490 e. The van der Waals surface area contributed by atoms with Crippen molar-refractivity contribution in [3.8, 4) is 5.75 Å². The van der Waals surface area contributed by atoms with Crippen molar-refractivity contribution < 1.29 is 18.3 Å². The van der Waals surface area contributed by atoms with Crippen LogP contribution in [0.4, 0.5) is 8.78 Å². The number of likely N-dealkylation sites (tertiary alicyclic amines) is 1. The number of fused-ring (bicyclic) bond motifs is 1. The molecule has 3 aromatic rings. The number of aromatic nitrogens is 1. The molecule has 0 unspecified atom stereocenters. The predicted octanol–water partition coefficient (Wildman–Crippen LogP) is 4.13. The van der Waals surface area contributed by atoms with E-state index >= 15 is 0 Å². The third-order valence-electron chi connectivity index (χ3n) is 5.95. The first-order valence-electron chi connectivity index (χ1n) is 9.73. The standard InChI is InChI=1S/C23H20F2N2O2/c24-16-3-1-15(2-4-16)9-22(28)27-13-23(14-27)11-18(12-23)29-21-7-8-26-20-6-5-17(25)10-19(20)21/h1-8,10,18H,9,11-14H2. The van der Waals surface area contributed by atoms with E-state index in [9.17, 15) is 13.6 Å². The predicted molar refractivity (Wildman–Crippen MR) is 104 cm³/mol. The molecular formula is C23H20F2N2O2. The van der Waals surface area contributed by atoms with Crippen LogP contribution < -0.4 is 4.74 Å². The van der Waals surface area contributed by atoms with Crippen LogP contribution in [-0.2, 0) is 11.2 Å². The van der Waals surface area contributed by atoms with Crippen molar-refractivity contribution in [3.05, 3.63) is 71.9 Å². The summed E-state index contributed by atoms with van der Waals surface area (Å²) in [7, 11) is 0. The fraction of sp³-hybridized carbons (Fsp3) is 0.304. The van der Waals surface area contributed by atoms with Crippen LogP contribution in [0.15, 0.2) is 54.7 Å². The zero-order chi connectivity index (χ0) is 20.0. The van der Waals surface area contributed by atoms with Crippen molar-refractivity contribution in [2.75, 3.05) is 13.1 Å². The van der Waals surface area contributed by atoms with Gasteiger partial charge in [0.25, 0.3) is 0 Å². The maximum Gasteiger partial charge on any atom is 0.227 e. The Bertz CT molecular complexity index is 1070. The minimum absolute atomic E-state index is 0.0678. The van der Waals surface area contributed by atoms with Gasteiger partial charge in [-0.15, -0.1) is 0 Å². The van der Waals surface area contributed by atoms with Crippen LogP contribution in [-0.4, -0.2) is 35.0 Å². The number of ether oxygens (including phenoxy) is 1. The van der Waals surface area contributed by atoms with E-state index in [-0.39, 0.29) is 29.1 Å². The van der Waals surface area contributed by atoms with E-state index in [1.165, 1.54) is 24.3 Å². The van der Waals surface area contributed by atoms with E-state index in [1.807, 2.05) is 4.90 Å². The quantitative estimate of drug-likeness (QED) is 0.668. The van der Waals surface area contributed by atoms with Crippen LogP contribution in [0.1, 0.15) is 18.4 Å². The number of nitrogens with zero attached hydrogens (tertiary/aromatic N) is 2. The molecule has 2 aromatic carbocycles. The highest BCUT2D eigenvalue weighted by Crippen LogP contribution is 2.50. The van der Waals surface area contributed by atoms with Crippen molar-refractivity contribution in [2.45, 2.75) is 25.4 Å². The highest BCUT2D eigenvalue weighted by atomic mass is 19.1. The normalized spacial score (nSPS) is 17.8. The number of amides is 1. The van der Waals surface area contributed by atoms with Gasteiger partial charge in [0.05, 0.1) is 11.9 Å². The molecule has 1 saturated carbocycles. The molecule has 0 radical (unpaired) electrons. The van der Waals surface area contributed by atoms with Gasteiger partial charge in [-0.2, -0.15) is 0 Å². The van der Waals surface area contributed by atoms with Crippen LogP contribution in [0.2, 0.25) is 0 Å². The summed E-state index contributed by atoms with van der Waals surface area (Å²) >= 11 is 0. The number of carbonyl (C=O) groups is 1. The molecule has 1 amide bonds. The Morgan fingerprint density at radius 1 is 1.07 bits per heavy atom. The number of halogens is 2. The summed E-state index contributed by atoms with van der Waals surface area (Å²) in [4.78, 5) is 18.5. The fourth-order valence-electron chi connectivity index (χ4n) is 4.45. The van der Waals surface area contributed by atoms with E-state index in [4.69, 9.17) is 4.74 Å². The molecule has 1 aliphatic heterocycles. The van der Waals surface area contributed by atoms with Gasteiger partial charge in [-0.1, -0.05) is 12.1 Å². The molecule has 2 fully saturated rings. The van der Waals surface area contributed by atoms with E-state index in [0.717, 1.165) is 31.5 Å². The van der Waals surface area contributed by atoms with Crippen LogP contribution in [0.3, 0.4) is 0 Å². The Balaban J connectivity index is 1.16. The molecule has 29 heavy (non-hydrogen) atoms. The molecule has 1 spiro atoms. The summed E-state index contributed by atoms with van der Waals surface area (Å²) in [5.41, 5.74) is 1.67. The van der Waals surface area contributed by atoms with Crippen molar-refractivity contribution >= 4 is 16.8 Å². The summed E-state index contributed by atoms with van der Waals surface area (Å²) < 4.78 is 32.7. The number of benzene rings is 2. The van der Waals surface area contributed by atoms with Crippen LogP contribution in [0.5, 0.6) is 5.75 Å². The lowest BCUT2D eigenvalue weighted by molar-refractivity contribution is -0.159. The molecule has 0 bridgehead atoms. The number of pyridine rings is 1. The minimum atomic E-state index is -0.310. The van der Waals surface area contributed by atoms with Gasteiger partial charge in [0, 0.05) is 30.1 Å². The minimum Gasteiger partial charge on any atom is -0.490 e. The second-order valence-corrected chi connectivity index (χ2v) is 8.17. The lowest BCUT2D eigenvalue weighted by Gasteiger charge is -2.58. The smallest absolute Gasteiger partial charge is 0.227 e. The van der Waals surface area contributed by atoms with Gasteiger partial charge in [0.15, 0.2) is 0 Å². The molecule has 2 aliphatic rings. The summed E-state index contributed by atoms with van der Waals surface area (Å²) in [6.45, 7) is 1.47. The fourth-order valence-corrected chi connectivity index (χ4v) is 4.45. The zero-order valence-electron chi connectivity index (χ0n) is 15.8. The van der Waals surface area contributed by atoms with E-state index < -0.39 is 0 Å². The van der Waals surface area contributed by atoms with Crippen molar-refractivity contribution in [2.24, 2.45) is 5.41 Å². The Kier molecular flexibility index (Phi) is 4.23. The Hall–Kier alpha value is -3.02. The molecule has 4 nitrogen and oxygen atoms in total. The lowest BCUT2D eigenvalue weighted by Crippen LogP contribution is -2.66. The van der Waals surface area contributed by atoms with Gasteiger partial charge in [0.2, 0.25) is 5.91 Å². The molecule has 5 rings (SSSR count). The van der Waals surface area contributed by atoms with Gasteiger partial charge < -0.3 is 9.64 Å². The second-order valence-electron chi connectivity index (χ2n) is 8.17.